The summed E-state index contributed by atoms with van der Waals surface area (Å²) in [5.41, 5.74) is 5.43. The Kier molecular flexibility index (Phi) is 3.66. The molecule has 21 heavy (non-hydrogen) atoms. The highest BCUT2D eigenvalue weighted by Crippen LogP contribution is 2.37. The normalized spacial score (nSPS) is 12.5. The first kappa shape index (κ1) is 13.7. The standard InChI is InChI=1S/C20H21N/c1-4-10-17(16-11-6-5-7-12-16)20-15(2)21(3)19-14-9-8-13-18(19)20/h4-9,11-14,17H,1,10H2,2-3H3. The van der Waals surface area contributed by atoms with E-state index in [1.807, 2.05) is 6.08 Å². The highest BCUT2D eigenvalue weighted by molar-refractivity contribution is 5.86. The van der Waals surface area contributed by atoms with Crippen LogP contribution in [0.3, 0.4) is 0 Å². The van der Waals surface area contributed by atoms with Gasteiger partial charge in [0.05, 0.1) is 0 Å². The molecule has 0 saturated carbocycles. The molecule has 0 radical (unpaired) electrons. The number of fused-ring (bicyclic) bond motifs is 1. The third-order valence-electron chi connectivity index (χ3n) is 4.40. The molecule has 0 aliphatic heterocycles. The van der Waals surface area contributed by atoms with E-state index in [1.165, 1.54) is 27.7 Å². The van der Waals surface area contributed by atoms with Crippen molar-refractivity contribution in [2.24, 2.45) is 7.05 Å². The maximum atomic E-state index is 3.96. The second kappa shape index (κ2) is 5.61. The second-order valence-electron chi connectivity index (χ2n) is 5.56. The lowest BCUT2D eigenvalue weighted by molar-refractivity contribution is 0.806. The van der Waals surface area contributed by atoms with Crippen molar-refractivity contribution in [2.45, 2.75) is 19.3 Å². The fraction of sp³-hybridized carbons (Fsp3) is 0.200. The number of rotatable bonds is 4. The van der Waals surface area contributed by atoms with Gasteiger partial charge in [-0.25, -0.2) is 0 Å². The molecule has 1 atom stereocenters. The Bertz CT molecular complexity index is 765. The van der Waals surface area contributed by atoms with Crippen molar-refractivity contribution in [1.82, 2.24) is 4.57 Å². The summed E-state index contributed by atoms with van der Waals surface area (Å²) in [6.45, 7) is 6.18. The maximum Gasteiger partial charge on any atom is 0.0482 e. The molecule has 1 nitrogen and oxygen atoms in total. The van der Waals surface area contributed by atoms with E-state index in [0.717, 1.165) is 6.42 Å². The van der Waals surface area contributed by atoms with Crippen molar-refractivity contribution in [3.05, 3.63) is 84.1 Å². The Hall–Kier alpha value is -2.28. The molecule has 0 fully saturated rings. The summed E-state index contributed by atoms with van der Waals surface area (Å²) in [5, 5.41) is 1.35. The van der Waals surface area contributed by atoms with Crippen LogP contribution in [0, 0.1) is 6.92 Å². The topological polar surface area (TPSA) is 4.93 Å². The Labute approximate surface area is 126 Å². The number of benzene rings is 2. The van der Waals surface area contributed by atoms with Gasteiger partial charge in [-0.2, -0.15) is 0 Å². The quantitative estimate of drug-likeness (QED) is 0.577. The van der Waals surface area contributed by atoms with Gasteiger partial charge in [0.15, 0.2) is 0 Å². The van der Waals surface area contributed by atoms with Gasteiger partial charge in [0.25, 0.3) is 0 Å². The molecule has 0 aliphatic carbocycles. The number of aromatic nitrogens is 1. The number of nitrogens with zero attached hydrogens (tertiary/aromatic N) is 1. The summed E-state index contributed by atoms with van der Waals surface area (Å²) < 4.78 is 2.30. The van der Waals surface area contributed by atoms with Crippen LogP contribution in [0.5, 0.6) is 0 Å². The monoisotopic (exact) mass is 275 g/mol. The molecule has 106 valence electrons. The van der Waals surface area contributed by atoms with Crippen LogP contribution in [-0.2, 0) is 7.05 Å². The predicted octanol–water partition coefficient (Wildman–Crippen LogP) is 5.19. The van der Waals surface area contributed by atoms with Crippen LogP contribution in [0.15, 0.2) is 67.3 Å². The van der Waals surface area contributed by atoms with Crippen LogP contribution in [0.4, 0.5) is 0 Å². The van der Waals surface area contributed by atoms with Gasteiger partial charge in [-0.1, -0.05) is 54.6 Å². The van der Waals surface area contributed by atoms with Crippen LogP contribution in [0.1, 0.15) is 29.2 Å². The van der Waals surface area contributed by atoms with Gasteiger partial charge in [-0.05, 0) is 30.5 Å². The minimum absolute atomic E-state index is 0.370. The molecule has 1 heteroatoms. The molecule has 0 saturated heterocycles. The van der Waals surface area contributed by atoms with Gasteiger partial charge >= 0.3 is 0 Å². The lowest BCUT2D eigenvalue weighted by Gasteiger charge is -2.17. The first-order valence-electron chi connectivity index (χ1n) is 7.43. The molecule has 1 unspecified atom stereocenters. The molecule has 3 aromatic rings. The van der Waals surface area contributed by atoms with Crippen molar-refractivity contribution in [3.8, 4) is 0 Å². The van der Waals surface area contributed by atoms with Crippen molar-refractivity contribution >= 4 is 10.9 Å². The maximum absolute atomic E-state index is 3.96. The van der Waals surface area contributed by atoms with Crippen molar-refractivity contribution in [3.63, 3.8) is 0 Å². The Morgan fingerprint density at radius 3 is 2.43 bits per heavy atom. The third-order valence-corrected chi connectivity index (χ3v) is 4.40. The summed E-state index contributed by atoms with van der Waals surface area (Å²) in [4.78, 5) is 0. The fourth-order valence-corrected chi connectivity index (χ4v) is 3.26. The SMILES string of the molecule is C=CCC(c1ccccc1)c1c(C)n(C)c2ccccc12. The Balaban J connectivity index is 2.25. The lowest BCUT2D eigenvalue weighted by atomic mass is 9.87. The molecular weight excluding hydrogens is 254 g/mol. The van der Waals surface area contributed by atoms with Crippen LogP contribution in [0.2, 0.25) is 0 Å². The summed E-state index contributed by atoms with van der Waals surface area (Å²) in [6, 6.07) is 19.4. The molecule has 0 N–H and O–H groups in total. The Morgan fingerprint density at radius 2 is 1.71 bits per heavy atom. The van der Waals surface area contributed by atoms with Crippen molar-refractivity contribution < 1.29 is 0 Å². The van der Waals surface area contributed by atoms with Gasteiger partial charge < -0.3 is 4.57 Å². The Morgan fingerprint density at radius 1 is 1.05 bits per heavy atom. The summed E-state index contributed by atoms with van der Waals surface area (Å²) >= 11 is 0. The van der Waals surface area contributed by atoms with E-state index in [0.29, 0.717) is 5.92 Å². The summed E-state index contributed by atoms with van der Waals surface area (Å²) in [6.07, 6.45) is 2.98. The fourth-order valence-electron chi connectivity index (χ4n) is 3.26. The van der Waals surface area contributed by atoms with Gasteiger partial charge in [-0.3, -0.25) is 0 Å². The number of allylic oxidation sites excluding steroid dienone is 1. The second-order valence-corrected chi connectivity index (χ2v) is 5.56. The van der Waals surface area contributed by atoms with Crippen LogP contribution < -0.4 is 0 Å². The van der Waals surface area contributed by atoms with Gasteiger partial charge in [0, 0.05) is 29.6 Å². The molecular formula is C20H21N. The van der Waals surface area contributed by atoms with Crippen LogP contribution in [-0.4, -0.2) is 4.57 Å². The lowest BCUT2D eigenvalue weighted by Crippen LogP contribution is -2.02. The minimum atomic E-state index is 0.370. The highest BCUT2D eigenvalue weighted by Gasteiger charge is 2.21. The number of hydrogen-bond acceptors (Lipinski definition) is 0. The molecule has 1 heterocycles. The van der Waals surface area contributed by atoms with E-state index in [2.05, 4.69) is 79.7 Å². The van der Waals surface area contributed by atoms with Crippen molar-refractivity contribution in [1.29, 1.82) is 0 Å². The van der Waals surface area contributed by atoms with E-state index in [4.69, 9.17) is 0 Å². The molecule has 0 spiro atoms. The van der Waals surface area contributed by atoms with Crippen molar-refractivity contribution in [2.75, 3.05) is 0 Å². The van der Waals surface area contributed by atoms with E-state index in [9.17, 15) is 0 Å². The van der Waals surface area contributed by atoms with E-state index in [-0.39, 0.29) is 0 Å². The average molecular weight is 275 g/mol. The zero-order valence-electron chi connectivity index (χ0n) is 12.7. The number of aryl methyl sites for hydroxylation is 1. The molecule has 0 aliphatic rings. The zero-order valence-corrected chi connectivity index (χ0v) is 12.7. The smallest absolute Gasteiger partial charge is 0.0482 e. The van der Waals surface area contributed by atoms with Gasteiger partial charge in [0.1, 0.15) is 0 Å². The molecule has 0 bridgehead atoms. The molecule has 3 rings (SSSR count). The zero-order chi connectivity index (χ0) is 14.8. The average Bonchev–Trinajstić information content (AvgIpc) is 2.78. The predicted molar refractivity (Wildman–Crippen MR) is 90.8 cm³/mol. The van der Waals surface area contributed by atoms with E-state index in [1.54, 1.807) is 0 Å². The highest BCUT2D eigenvalue weighted by atomic mass is 14.9. The van der Waals surface area contributed by atoms with Gasteiger partial charge in [0.2, 0.25) is 0 Å². The third kappa shape index (κ3) is 2.29. The number of hydrogen-bond donors (Lipinski definition) is 0. The van der Waals surface area contributed by atoms with Gasteiger partial charge in [-0.15, -0.1) is 6.58 Å². The molecule has 0 amide bonds. The summed E-state index contributed by atoms with van der Waals surface area (Å²) in [5.74, 6) is 0.370. The summed E-state index contributed by atoms with van der Waals surface area (Å²) in [7, 11) is 2.15. The van der Waals surface area contributed by atoms with E-state index >= 15 is 0 Å². The minimum Gasteiger partial charge on any atom is -0.348 e. The van der Waals surface area contributed by atoms with E-state index < -0.39 is 0 Å². The number of para-hydroxylation sites is 1. The molecule has 1 aromatic heterocycles. The largest absolute Gasteiger partial charge is 0.348 e. The van der Waals surface area contributed by atoms with Crippen LogP contribution in [0.25, 0.3) is 10.9 Å². The first-order chi connectivity index (χ1) is 10.2. The van der Waals surface area contributed by atoms with Crippen LogP contribution >= 0.6 is 0 Å². The molecule has 2 aromatic carbocycles. The first-order valence-corrected chi connectivity index (χ1v) is 7.43.